The topological polar surface area (TPSA) is 77.2 Å². The fourth-order valence-electron chi connectivity index (χ4n) is 1.46. The van der Waals surface area contributed by atoms with Crippen molar-refractivity contribution < 1.29 is 14.1 Å². The predicted molar refractivity (Wildman–Crippen MR) is 66.2 cm³/mol. The van der Waals surface area contributed by atoms with E-state index in [0.717, 1.165) is 0 Å². The van der Waals surface area contributed by atoms with Crippen molar-refractivity contribution >= 4 is 5.91 Å². The number of rotatable bonds is 7. The molecule has 0 radical (unpaired) electrons. The summed E-state index contributed by atoms with van der Waals surface area (Å²) >= 11 is 0. The standard InChI is InChI=1S/C12H21N3O3/c1-8(2)12-14-11(18-15-12)6-5-10(16)13-9(3)7-17-4/h8-9H,5-7H2,1-4H3,(H,13,16)/t9-/m1/s1. The summed E-state index contributed by atoms with van der Waals surface area (Å²) in [4.78, 5) is 15.8. The Hall–Kier alpha value is -1.43. The number of aromatic nitrogens is 2. The van der Waals surface area contributed by atoms with E-state index in [-0.39, 0.29) is 17.9 Å². The number of hydrogen-bond donors (Lipinski definition) is 1. The minimum Gasteiger partial charge on any atom is -0.383 e. The Kier molecular flexibility index (Phi) is 5.77. The van der Waals surface area contributed by atoms with Crippen LogP contribution in [0.3, 0.4) is 0 Å². The Labute approximate surface area is 107 Å². The molecule has 0 aliphatic heterocycles. The summed E-state index contributed by atoms with van der Waals surface area (Å²) in [5.74, 6) is 1.38. The number of hydrogen-bond acceptors (Lipinski definition) is 5. The van der Waals surface area contributed by atoms with Gasteiger partial charge in [0.15, 0.2) is 5.82 Å². The van der Waals surface area contributed by atoms with Crippen LogP contribution >= 0.6 is 0 Å². The smallest absolute Gasteiger partial charge is 0.227 e. The Morgan fingerprint density at radius 2 is 2.17 bits per heavy atom. The van der Waals surface area contributed by atoms with Crippen LogP contribution in [0.1, 0.15) is 44.8 Å². The van der Waals surface area contributed by atoms with Crippen molar-refractivity contribution in [1.82, 2.24) is 15.5 Å². The van der Waals surface area contributed by atoms with Gasteiger partial charge in [0.25, 0.3) is 0 Å². The maximum atomic E-state index is 11.6. The molecule has 1 rings (SSSR count). The highest BCUT2D eigenvalue weighted by Gasteiger charge is 2.12. The van der Waals surface area contributed by atoms with Crippen molar-refractivity contribution in [3.63, 3.8) is 0 Å². The number of aryl methyl sites for hydroxylation is 1. The normalized spacial score (nSPS) is 12.7. The number of ether oxygens (including phenoxy) is 1. The first-order chi connectivity index (χ1) is 8.52. The fraction of sp³-hybridized carbons (Fsp3) is 0.750. The molecular weight excluding hydrogens is 234 g/mol. The van der Waals surface area contributed by atoms with Crippen LogP contribution in [0, 0.1) is 0 Å². The van der Waals surface area contributed by atoms with Gasteiger partial charge in [-0.2, -0.15) is 4.98 Å². The van der Waals surface area contributed by atoms with Crippen LogP contribution in [0.4, 0.5) is 0 Å². The summed E-state index contributed by atoms with van der Waals surface area (Å²) in [5.41, 5.74) is 0. The van der Waals surface area contributed by atoms with Gasteiger partial charge in [0.2, 0.25) is 11.8 Å². The molecule has 0 unspecified atom stereocenters. The van der Waals surface area contributed by atoms with Gasteiger partial charge < -0.3 is 14.6 Å². The van der Waals surface area contributed by atoms with E-state index < -0.39 is 0 Å². The molecule has 102 valence electrons. The van der Waals surface area contributed by atoms with Crippen LogP contribution in [0.2, 0.25) is 0 Å². The molecular formula is C12H21N3O3. The third kappa shape index (κ3) is 4.83. The van der Waals surface area contributed by atoms with Gasteiger partial charge in [0, 0.05) is 31.9 Å². The summed E-state index contributed by atoms with van der Waals surface area (Å²) < 4.78 is 10.0. The summed E-state index contributed by atoms with van der Waals surface area (Å²) in [7, 11) is 1.61. The summed E-state index contributed by atoms with van der Waals surface area (Å²) in [6, 6.07) is 0.0106. The molecule has 0 saturated carbocycles. The Morgan fingerprint density at radius 3 is 2.72 bits per heavy atom. The molecule has 18 heavy (non-hydrogen) atoms. The quantitative estimate of drug-likeness (QED) is 0.794. The number of amides is 1. The van der Waals surface area contributed by atoms with Gasteiger partial charge in [-0.15, -0.1) is 0 Å². The SMILES string of the molecule is COC[C@@H](C)NC(=O)CCc1nc(C(C)C)no1. The molecule has 0 bridgehead atoms. The Balaban J connectivity index is 2.33. The average Bonchev–Trinajstić information content (AvgIpc) is 2.75. The van der Waals surface area contributed by atoms with E-state index in [2.05, 4.69) is 15.5 Å². The van der Waals surface area contributed by atoms with Gasteiger partial charge in [-0.25, -0.2) is 0 Å². The van der Waals surface area contributed by atoms with Crippen LogP contribution in [0.15, 0.2) is 4.52 Å². The summed E-state index contributed by atoms with van der Waals surface area (Å²) in [5, 5.41) is 6.67. The lowest BCUT2D eigenvalue weighted by molar-refractivity contribution is -0.122. The molecule has 1 amide bonds. The highest BCUT2D eigenvalue weighted by molar-refractivity contribution is 5.76. The third-order valence-corrected chi connectivity index (χ3v) is 2.39. The lowest BCUT2D eigenvalue weighted by Crippen LogP contribution is -2.35. The van der Waals surface area contributed by atoms with Gasteiger partial charge >= 0.3 is 0 Å². The third-order valence-electron chi connectivity index (χ3n) is 2.39. The zero-order chi connectivity index (χ0) is 13.5. The number of carbonyl (C=O) groups is 1. The first kappa shape index (κ1) is 14.6. The van der Waals surface area contributed by atoms with Gasteiger partial charge in [0.1, 0.15) is 0 Å². The van der Waals surface area contributed by atoms with Gasteiger partial charge in [-0.3, -0.25) is 4.79 Å². The molecule has 6 nitrogen and oxygen atoms in total. The first-order valence-corrected chi connectivity index (χ1v) is 6.13. The second kappa shape index (κ2) is 7.10. The maximum absolute atomic E-state index is 11.6. The van der Waals surface area contributed by atoms with E-state index >= 15 is 0 Å². The van der Waals surface area contributed by atoms with Gasteiger partial charge in [0.05, 0.1) is 6.61 Å². The molecule has 1 atom stereocenters. The molecule has 0 fully saturated rings. The molecule has 6 heteroatoms. The van der Waals surface area contributed by atoms with E-state index in [1.807, 2.05) is 20.8 Å². The Morgan fingerprint density at radius 1 is 1.44 bits per heavy atom. The largest absolute Gasteiger partial charge is 0.383 e. The summed E-state index contributed by atoms with van der Waals surface area (Å²) in [6.07, 6.45) is 0.805. The zero-order valence-electron chi connectivity index (χ0n) is 11.4. The monoisotopic (exact) mass is 255 g/mol. The van der Waals surface area contributed by atoms with E-state index in [4.69, 9.17) is 9.26 Å². The Bertz CT molecular complexity index is 376. The van der Waals surface area contributed by atoms with E-state index in [9.17, 15) is 4.79 Å². The number of methoxy groups -OCH3 is 1. The molecule has 0 spiro atoms. The summed E-state index contributed by atoms with van der Waals surface area (Å²) in [6.45, 7) is 6.39. The second-order valence-electron chi connectivity index (χ2n) is 4.62. The predicted octanol–water partition coefficient (Wildman–Crippen LogP) is 1.28. The lowest BCUT2D eigenvalue weighted by Gasteiger charge is -2.11. The van der Waals surface area contributed by atoms with Crippen molar-refractivity contribution in [3.05, 3.63) is 11.7 Å². The highest BCUT2D eigenvalue weighted by atomic mass is 16.5. The van der Waals surface area contributed by atoms with E-state index in [1.54, 1.807) is 7.11 Å². The van der Waals surface area contributed by atoms with Crippen molar-refractivity contribution in [2.24, 2.45) is 0 Å². The van der Waals surface area contributed by atoms with Crippen molar-refractivity contribution in [3.8, 4) is 0 Å². The molecule has 1 heterocycles. The van der Waals surface area contributed by atoms with Gasteiger partial charge in [-0.05, 0) is 6.92 Å². The number of nitrogens with one attached hydrogen (secondary N) is 1. The van der Waals surface area contributed by atoms with Gasteiger partial charge in [-0.1, -0.05) is 19.0 Å². The molecule has 1 aromatic rings. The minimum atomic E-state index is -0.0381. The van der Waals surface area contributed by atoms with Crippen LogP contribution in [-0.2, 0) is 16.0 Å². The first-order valence-electron chi connectivity index (χ1n) is 6.13. The molecule has 0 aromatic carbocycles. The maximum Gasteiger partial charge on any atom is 0.227 e. The second-order valence-corrected chi connectivity index (χ2v) is 4.62. The molecule has 0 aliphatic rings. The van der Waals surface area contributed by atoms with Crippen LogP contribution in [0.5, 0.6) is 0 Å². The van der Waals surface area contributed by atoms with E-state index in [0.29, 0.717) is 31.2 Å². The highest BCUT2D eigenvalue weighted by Crippen LogP contribution is 2.10. The van der Waals surface area contributed by atoms with Crippen LogP contribution in [0.25, 0.3) is 0 Å². The van der Waals surface area contributed by atoms with E-state index in [1.165, 1.54) is 0 Å². The zero-order valence-corrected chi connectivity index (χ0v) is 11.4. The molecule has 0 aliphatic carbocycles. The van der Waals surface area contributed by atoms with Crippen molar-refractivity contribution in [2.45, 2.75) is 45.6 Å². The van der Waals surface area contributed by atoms with Crippen LogP contribution in [-0.4, -0.2) is 35.8 Å². The van der Waals surface area contributed by atoms with Crippen molar-refractivity contribution in [1.29, 1.82) is 0 Å². The van der Waals surface area contributed by atoms with Crippen LogP contribution < -0.4 is 5.32 Å². The minimum absolute atomic E-state index is 0.0106. The lowest BCUT2D eigenvalue weighted by atomic mass is 10.2. The number of nitrogens with zero attached hydrogens (tertiary/aromatic N) is 2. The molecule has 1 aromatic heterocycles. The number of carbonyl (C=O) groups excluding carboxylic acids is 1. The average molecular weight is 255 g/mol. The molecule has 1 N–H and O–H groups in total. The van der Waals surface area contributed by atoms with Crippen molar-refractivity contribution in [2.75, 3.05) is 13.7 Å². The molecule has 0 saturated heterocycles. The fourth-order valence-corrected chi connectivity index (χ4v) is 1.46.